The number of likely N-dealkylation sites (tertiary alicyclic amines) is 1. The number of fused-ring (bicyclic) bond motifs is 4. The van der Waals surface area contributed by atoms with E-state index in [-0.39, 0.29) is 48.0 Å². The van der Waals surface area contributed by atoms with E-state index >= 15 is 4.39 Å². The molecule has 2 spiro atoms. The van der Waals surface area contributed by atoms with E-state index in [0.29, 0.717) is 61.9 Å². The van der Waals surface area contributed by atoms with Crippen LogP contribution in [0.4, 0.5) is 8.78 Å². The predicted molar refractivity (Wildman–Crippen MR) is 317 cm³/mol. The number of ether oxygens (including phenoxy) is 7. The molecule has 4 aliphatic heterocycles. The predicted octanol–water partition coefficient (Wildman–Crippen LogP) is 11.8. The smallest absolute Gasteiger partial charge is 0.414 e. The monoisotopic (exact) mass is 1230 g/mol. The van der Waals surface area contributed by atoms with Crippen molar-refractivity contribution in [1.82, 2.24) is 30.2 Å². The Hall–Kier alpha value is -6.75. The number of allylic oxidation sites excluding steroid dienone is 2. The summed E-state index contributed by atoms with van der Waals surface area (Å²) in [6.07, 6.45) is 15.0. The summed E-state index contributed by atoms with van der Waals surface area (Å²) in [6, 6.07) is 13.7. The molecule has 18 nitrogen and oxygen atoms in total. The molecule has 0 unspecified atom stereocenters. The van der Waals surface area contributed by atoms with Crippen LogP contribution in [0.5, 0.6) is 46.3 Å². The van der Waals surface area contributed by atoms with Gasteiger partial charge >= 0.3 is 11.9 Å². The molecule has 6 aliphatic rings. The molecule has 0 radical (unpaired) electrons. The van der Waals surface area contributed by atoms with Gasteiger partial charge in [0.2, 0.25) is 11.8 Å². The van der Waals surface area contributed by atoms with E-state index in [2.05, 4.69) is 46.1 Å². The lowest BCUT2D eigenvalue weighted by Gasteiger charge is -2.47. The molecule has 4 aromatic carbocycles. The highest BCUT2D eigenvalue weighted by molar-refractivity contribution is 9.09. The van der Waals surface area contributed by atoms with E-state index in [4.69, 9.17) is 64.6 Å². The second-order valence-corrected chi connectivity index (χ2v) is 22.2. The number of methoxy groups -OCH3 is 2. The highest BCUT2D eigenvalue weighted by Crippen LogP contribution is 2.42. The number of carboxylic acid groups (broad SMARTS) is 2. The number of halogens is 4. The second-order valence-electron chi connectivity index (χ2n) is 21.0. The van der Waals surface area contributed by atoms with Gasteiger partial charge in [0.15, 0.2) is 46.1 Å². The molecule has 4 N–H and O–H groups in total. The minimum Gasteiger partial charge on any atom is -0.504 e. The third-order valence-electron chi connectivity index (χ3n) is 14.9. The number of hydrogen-bond donors (Lipinski definition) is 4. The number of phenolic OH excluding ortho intramolecular Hbond substituents is 1. The Morgan fingerprint density at radius 3 is 1.63 bits per heavy atom. The number of carbonyl (C=O) groups is 2. The summed E-state index contributed by atoms with van der Waals surface area (Å²) < 4.78 is 69.0. The summed E-state index contributed by atoms with van der Waals surface area (Å²) in [5.74, 6) is -1.56. The zero-order chi connectivity index (χ0) is 58.4. The first-order valence-electron chi connectivity index (χ1n) is 27.0. The van der Waals surface area contributed by atoms with Gasteiger partial charge in [0, 0.05) is 51.8 Å². The Bertz CT molecular complexity index is 3280. The highest BCUT2D eigenvalue weighted by atomic mass is 79.9. The molecule has 0 amide bonds. The fourth-order valence-corrected chi connectivity index (χ4v) is 10.9. The number of rotatable bonds is 13. The van der Waals surface area contributed by atoms with E-state index in [1.807, 2.05) is 44.2 Å². The van der Waals surface area contributed by atoms with Gasteiger partial charge in [-0.25, -0.2) is 38.3 Å². The zero-order valence-corrected chi connectivity index (χ0v) is 48.7. The summed E-state index contributed by atoms with van der Waals surface area (Å²) >= 11 is 8.50. The molecule has 83 heavy (non-hydrogen) atoms. The lowest BCUT2D eigenvalue weighted by Crippen LogP contribution is -2.51. The molecule has 2 aromatic heterocycles. The number of aliphatic carboxylic acids is 2. The number of nitrogens with zero attached hydrogens (tertiary/aromatic N) is 5. The van der Waals surface area contributed by atoms with Crippen LogP contribution >= 0.6 is 27.5 Å². The van der Waals surface area contributed by atoms with Gasteiger partial charge in [0.05, 0.1) is 69.1 Å². The average Bonchev–Trinajstić information content (AvgIpc) is 4.04. The summed E-state index contributed by atoms with van der Waals surface area (Å²) in [7, 11) is 3.04. The summed E-state index contributed by atoms with van der Waals surface area (Å²) in [4.78, 5) is 37.6. The van der Waals surface area contributed by atoms with Gasteiger partial charge in [-0.05, 0) is 127 Å². The molecular formula is C61H72BrClF2N6O12. The fraction of sp³-hybridized carbons (Fsp3) is 0.443. The van der Waals surface area contributed by atoms with Crippen molar-refractivity contribution in [2.24, 2.45) is 10.8 Å². The van der Waals surface area contributed by atoms with Gasteiger partial charge in [-0.3, -0.25) is 0 Å². The number of benzene rings is 4. The summed E-state index contributed by atoms with van der Waals surface area (Å²) in [5, 5.41) is 30.2. The first-order valence-corrected chi connectivity index (χ1v) is 28.7. The molecule has 0 atom stereocenters. The Kier molecular flexibility index (Phi) is 22.8. The molecular weight excluding hydrogens is 1160 g/mol. The van der Waals surface area contributed by atoms with E-state index < -0.39 is 17.8 Å². The third kappa shape index (κ3) is 16.1. The molecule has 6 heterocycles. The van der Waals surface area contributed by atoms with Crippen LogP contribution in [0, 0.1) is 22.5 Å². The summed E-state index contributed by atoms with van der Waals surface area (Å²) in [6.45, 7) is 14.1. The number of alkyl halides is 2. The number of nitrogens with one attached hydrogen (secondary N) is 1. The first-order chi connectivity index (χ1) is 39.6. The fourth-order valence-electron chi connectivity index (χ4n) is 10.2. The van der Waals surface area contributed by atoms with Crippen LogP contribution in [0.1, 0.15) is 82.1 Å². The Morgan fingerprint density at radius 2 is 1.19 bits per heavy atom. The highest BCUT2D eigenvalue weighted by Gasteiger charge is 2.41. The van der Waals surface area contributed by atoms with Crippen molar-refractivity contribution in [3.8, 4) is 46.3 Å². The topological polar surface area (TPSA) is 226 Å². The van der Waals surface area contributed by atoms with Gasteiger partial charge in [0.25, 0.3) is 0 Å². The Labute approximate surface area is 495 Å². The lowest BCUT2D eigenvalue weighted by molar-refractivity contribution is -0.159. The molecule has 446 valence electrons. The molecule has 0 saturated carbocycles. The van der Waals surface area contributed by atoms with Crippen LogP contribution in [0.3, 0.4) is 0 Å². The van der Waals surface area contributed by atoms with Gasteiger partial charge in [-0.2, -0.15) is 0 Å². The molecule has 2 aliphatic carbocycles. The average molecular weight is 1230 g/mol. The van der Waals surface area contributed by atoms with E-state index in [9.17, 15) is 9.50 Å². The van der Waals surface area contributed by atoms with Crippen LogP contribution < -0.4 is 29.0 Å². The molecule has 4 saturated heterocycles. The Balaban J connectivity index is 0.000000183. The van der Waals surface area contributed by atoms with Gasteiger partial charge in [-0.1, -0.05) is 58.8 Å². The lowest BCUT2D eigenvalue weighted by atomic mass is 9.77. The summed E-state index contributed by atoms with van der Waals surface area (Å²) in [5.41, 5.74) is 7.48. The number of hydrogen-bond acceptors (Lipinski definition) is 16. The molecule has 6 aromatic rings. The largest absolute Gasteiger partial charge is 0.504 e. The van der Waals surface area contributed by atoms with Gasteiger partial charge in [-0.15, -0.1) is 11.6 Å². The van der Waals surface area contributed by atoms with Crippen LogP contribution in [-0.4, -0.2) is 143 Å². The van der Waals surface area contributed by atoms with Crippen molar-refractivity contribution < 1.29 is 66.8 Å². The van der Waals surface area contributed by atoms with Crippen molar-refractivity contribution >= 4 is 73.4 Å². The second kappa shape index (κ2) is 29.7. The molecule has 22 heteroatoms. The van der Waals surface area contributed by atoms with E-state index in [1.165, 1.54) is 64.6 Å². The van der Waals surface area contributed by atoms with Crippen molar-refractivity contribution in [2.75, 3.05) is 91.2 Å². The van der Waals surface area contributed by atoms with Crippen LogP contribution in [0.2, 0.25) is 0 Å². The van der Waals surface area contributed by atoms with Crippen molar-refractivity contribution in [3.63, 3.8) is 0 Å². The normalized spacial score (nSPS) is 16.6. The minimum absolute atomic E-state index is 0. The van der Waals surface area contributed by atoms with Crippen molar-refractivity contribution in [1.29, 1.82) is 0 Å². The number of aromatic hydroxyl groups is 1. The molecule has 0 bridgehead atoms. The number of carboxylic acids is 2. The maximum Gasteiger partial charge on any atom is 0.414 e. The Morgan fingerprint density at radius 1 is 0.699 bits per heavy atom. The van der Waals surface area contributed by atoms with Crippen LogP contribution in [-0.2, 0) is 31.9 Å². The van der Waals surface area contributed by atoms with Crippen LogP contribution in [0.25, 0.3) is 34.0 Å². The quantitative estimate of drug-likeness (QED) is 0.0479. The number of piperidine rings is 2. The SMILES string of the molecule is C.C1CC2(CCN1)COC2.COc1cc2c(Oc3ccc4c(c3F)C=C(C)C4)ncnc2cc1O.COc1cc2c(Oc3ccc4c(c3F)C=C(C)C4)ncnc2cc1OCCCN1CCC2(CC1)COC2.ClCCCBr.O=C(O)C(=O)O. The van der Waals surface area contributed by atoms with Crippen LogP contribution in [0.15, 0.2) is 72.3 Å². The van der Waals surface area contributed by atoms with Crippen molar-refractivity contribution in [2.45, 2.75) is 72.6 Å². The van der Waals surface area contributed by atoms with Gasteiger partial charge in [0.1, 0.15) is 12.7 Å². The third-order valence-corrected chi connectivity index (χ3v) is 15.8. The van der Waals surface area contributed by atoms with E-state index in [1.54, 1.807) is 31.4 Å². The standard InChI is InChI=1S/C29H32FN3O4.C19H15FN2O3.C7H13NO.C3H6BrCl.C2H2O4.CH4/c1-19-12-20-4-5-24(27(30)21(20)13-19)37-28-22-14-25(34-2)26(15-23(22)31-18-32-28)36-11-3-8-33-9-6-29(7-10-33)16-35-17-29;1-10-5-11-3-4-16(18(20)12(11)6-10)25-19-13-7-17(24-2)15(23)8-14(13)21-9-22-19;1-3-8-4-2-7(1)5-9-6-7;4-2-1-3-5;3-1(4)2(5)6;/h4-5,13-15,18H,3,6-12,16-17H2,1-2H3;3-4,6-9,23H,5H2,1-2H3;8H,1-6H2;1-3H2;(H,3,4)(H,5,6);1H4. The first kappa shape index (κ1) is 63.8. The maximum absolute atomic E-state index is 15.1. The maximum atomic E-state index is 15.1. The van der Waals surface area contributed by atoms with E-state index in [0.717, 1.165) is 105 Å². The molecule has 12 rings (SSSR count). The van der Waals surface area contributed by atoms with Crippen molar-refractivity contribution in [3.05, 3.63) is 106 Å². The minimum atomic E-state index is -1.82. The zero-order valence-electron chi connectivity index (χ0n) is 46.3. The molecule has 4 fully saturated rings. The number of aromatic nitrogens is 4. The number of phenols is 1. The van der Waals surface area contributed by atoms with Gasteiger partial charge < -0.3 is 58.7 Å².